The monoisotopic (exact) mass is 152 g/mol. The predicted molar refractivity (Wildman–Crippen MR) is 48.0 cm³/mol. The zero-order valence-corrected chi connectivity index (χ0v) is 7.02. The molecule has 0 atom stereocenters. The minimum atomic E-state index is -0.252. The van der Waals surface area contributed by atoms with E-state index in [9.17, 15) is 4.39 Å². The van der Waals surface area contributed by atoms with E-state index in [0.29, 0.717) is 5.57 Å². The summed E-state index contributed by atoms with van der Waals surface area (Å²) in [5.74, 6) is -0.252. The van der Waals surface area contributed by atoms with Crippen LogP contribution >= 0.6 is 0 Å². The minimum Gasteiger partial charge on any atom is -0.207 e. The molecule has 0 unspecified atom stereocenters. The minimum absolute atomic E-state index is 0.252. The van der Waals surface area contributed by atoms with Crippen LogP contribution in [0.25, 0.3) is 0 Å². The molecule has 0 aromatic rings. The standard InChI is InChI=1S/C10H13F/c1-5-6-7-10(11)9(4)8(2)3/h5-7H,1-2H2,3-4H3/b7-6-,10-9-. The second-order valence-electron chi connectivity index (χ2n) is 2.35. The van der Waals surface area contributed by atoms with Crippen molar-refractivity contribution >= 4 is 0 Å². The summed E-state index contributed by atoms with van der Waals surface area (Å²) in [7, 11) is 0. The van der Waals surface area contributed by atoms with Crippen molar-refractivity contribution in [3.8, 4) is 0 Å². The molecule has 0 aliphatic rings. The van der Waals surface area contributed by atoms with E-state index in [1.807, 2.05) is 0 Å². The van der Waals surface area contributed by atoms with Crippen molar-refractivity contribution in [3.63, 3.8) is 0 Å². The lowest BCUT2D eigenvalue weighted by Gasteiger charge is -1.97. The lowest BCUT2D eigenvalue weighted by molar-refractivity contribution is 0.656. The highest BCUT2D eigenvalue weighted by Gasteiger charge is 1.96. The molecule has 0 heterocycles. The summed E-state index contributed by atoms with van der Waals surface area (Å²) in [6, 6.07) is 0. The fourth-order valence-electron chi connectivity index (χ4n) is 0.481. The summed E-state index contributed by atoms with van der Waals surface area (Å²) in [6.07, 6.45) is 4.46. The van der Waals surface area contributed by atoms with Gasteiger partial charge in [-0.25, -0.2) is 4.39 Å². The van der Waals surface area contributed by atoms with Crippen molar-refractivity contribution in [2.45, 2.75) is 13.8 Å². The average molecular weight is 152 g/mol. The first-order valence-electron chi connectivity index (χ1n) is 3.41. The van der Waals surface area contributed by atoms with Gasteiger partial charge in [0, 0.05) is 0 Å². The van der Waals surface area contributed by atoms with Crippen molar-refractivity contribution < 1.29 is 4.39 Å². The Hall–Kier alpha value is -1.11. The molecule has 0 bridgehead atoms. The summed E-state index contributed by atoms with van der Waals surface area (Å²) < 4.78 is 12.9. The molecule has 0 aliphatic carbocycles. The molecule has 0 aromatic heterocycles. The van der Waals surface area contributed by atoms with Gasteiger partial charge >= 0.3 is 0 Å². The molecule has 0 N–H and O–H groups in total. The van der Waals surface area contributed by atoms with Gasteiger partial charge in [-0.2, -0.15) is 0 Å². The van der Waals surface area contributed by atoms with Crippen LogP contribution in [0.3, 0.4) is 0 Å². The Morgan fingerprint density at radius 1 is 1.36 bits per heavy atom. The van der Waals surface area contributed by atoms with Crippen molar-refractivity contribution in [1.82, 2.24) is 0 Å². The zero-order chi connectivity index (χ0) is 8.85. The maximum atomic E-state index is 12.9. The number of hydrogen-bond acceptors (Lipinski definition) is 0. The van der Waals surface area contributed by atoms with E-state index in [1.165, 1.54) is 12.2 Å². The summed E-state index contributed by atoms with van der Waals surface area (Å²) in [4.78, 5) is 0. The molecular weight excluding hydrogens is 139 g/mol. The molecule has 0 amide bonds. The van der Waals surface area contributed by atoms with Crippen molar-refractivity contribution in [2.75, 3.05) is 0 Å². The van der Waals surface area contributed by atoms with Gasteiger partial charge in [0.25, 0.3) is 0 Å². The maximum Gasteiger partial charge on any atom is 0.126 e. The van der Waals surface area contributed by atoms with E-state index in [-0.39, 0.29) is 5.83 Å². The van der Waals surface area contributed by atoms with Crippen molar-refractivity contribution in [3.05, 3.63) is 48.4 Å². The predicted octanol–water partition coefficient (Wildman–Crippen LogP) is 3.55. The molecule has 0 spiro atoms. The molecule has 11 heavy (non-hydrogen) atoms. The third kappa shape index (κ3) is 3.56. The van der Waals surface area contributed by atoms with Crippen LogP contribution in [0.2, 0.25) is 0 Å². The van der Waals surface area contributed by atoms with Crippen LogP contribution in [-0.4, -0.2) is 0 Å². The first-order valence-corrected chi connectivity index (χ1v) is 3.41. The summed E-state index contributed by atoms with van der Waals surface area (Å²) in [5, 5.41) is 0. The van der Waals surface area contributed by atoms with Gasteiger partial charge in [0.05, 0.1) is 0 Å². The van der Waals surface area contributed by atoms with E-state index < -0.39 is 0 Å². The van der Waals surface area contributed by atoms with Gasteiger partial charge in [0.1, 0.15) is 5.83 Å². The normalized spacial score (nSPS) is 13.0. The molecule has 60 valence electrons. The van der Waals surface area contributed by atoms with Gasteiger partial charge in [0.2, 0.25) is 0 Å². The molecular formula is C10H13F. The van der Waals surface area contributed by atoms with E-state index >= 15 is 0 Å². The fraction of sp³-hybridized carbons (Fsp3) is 0.200. The SMILES string of the molecule is C=C/C=C\C(F)=C(/C)C(=C)C. The van der Waals surface area contributed by atoms with Crippen LogP contribution in [0.15, 0.2) is 48.4 Å². The first kappa shape index (κ1) is 9.89. The Balaban J connectivity index is 4.52. The van der Waals surface area contributed by atoms with E-state index in [0.717, 1.165) is 5.57 Å². The lowest BCUT2D eigenvalue weighted by Crippen LogP contribution is -1.79. The highest BCUT2D eigenvalue weighted by molar-refractivity contribution is 5.32. The van der Waals surface area contributed by atoms with Crippen LogP contribution in [0, 0.1) is 0 Å². The Kier molecular flexibility index (Phi) is 4.20. The summed E-state index contributed by atoms with van der Waals surface area (Å²) in [6.45, 7) is 10.5. The largest absolute Gasteiger partial charge is 0.207 e. The van der Waals surface area contributed by atoms with Gasteiger partial charge < -0.3 is 0 Å². The first-order chi connectivity index (χ1) is 5.09. The number of allylic oxidation sites excluding steroid dienone is 6. The van der Waals surface area contributed by atoms with E-state index in [2.05, 4.69) is 13.2 Å². The Bertz CT molecular complexity index is 219. The Labute approximate surface area is 67.4 Å². The van der Waals surface area contributed by atoms with Crippen molar-refractivity contribution in [2.24, 2.45) is 0 Å². The number of rotatable bonds is 3. The molecule has 0 nitrogen and oxygen atoms in total. The zero-order valence-electron chi connectivity index (χ0n) is 7.02. The fourth-order valence-corrected chi connectivity index (χ4v) is 0.481. The topological polar surface area (TPSA) is 0 Å². The highest BCUT2D eigenvalue weighted by atomic mass is 19.1. The van der Waals surface area contributed by atoms with Gasteiger partial charge in [-0.15, -0.1) is 0 Å². The van der Waals surface area contributed by atoms with Crippen LogP contribution in [0.4, 0.5) is 4.39 Å². The Morgan fingerprint density at radius 2 is 1.91 bits per heavy atom. The molecule has 0 rings (SSSR count). The summed E-state index contributed by atoms with van der Waals surface area (Å²) >= 11 is 0. The Morgan fingerprint density at radius 3 is 2.27 bits per heavy atom. The summed E-state index contributed by atoms with van der Waals surface area (Å²) in [5.41, 5.74) is 1.33. The van der Waals surface area contributed by atoms with Gasteiger partial charge in [-0.05, 0) is 25.5 Å². The average Bonchev–Trinajstić information content (AvgIpc) is 1.98. The third-order valence-electron chi connectivity index (χ3n) is 1.38. The molecule has 0 saturated heterocycles. The van der Waals surface area contributed by atoms with Gasteiger partial charge in [-0.3, -0.25) is 0 Å². The van der Waals surface area contributed by atoms with Gasteiger partial charge in [0.15, 0.2) is 0 Å². The lowest BCUT2D eigenvalue weighted by atomic mass is 10.1. The molecule has 0 fully saturated rings. The quantitative estimate of drug-likeness (QED) is 0.542. The third-order valence-corrected chi connectivity index (χ3v) is 1.38. The maximum absolute atomic E-state index is 12.9. The molecule has 0 saturated carbocycles. The number of halogens is 1. The van der Waals surface area contributed by atoms with E-state index in [1.54, 1.807) is 19.9 Å². The van der Waals surface area contributed by atoms with E-state index in [4.69, 9.17) is 0 Å². The van der Waals surface area contributed by atoms with Crippen LogP contribution < -0.4 is 0 Å². The second-order valence-corrected chi connectivity index (χ2v) is 2.35. The highest BCUT2D eigenvalue weighted by Crippen LogP contribution is 2.13. The molecule has 0 radical (unpaired) electrons. The molecule has 0 aliphatic heterocycles. The molecule has 0 aromatic carbocycles. The number of hydrogen-bond donors (Lipinski definition) is 0. The van der Waals surface area contributed by atoms with Crippen LogP contribution in [0.5, 0.6) is 0 Å². The van der Waals surface area contributed by atoms with Gasteiger partial charge in [-0.1, -0.05) is 30.9 Å². The smallest absolute Gasteiger partial charge is 0.126 e. The van der Waals surface area contributed by atoms with Crippen molar-refractivity contribution in [1.29, 1.82) is 0 Å². The second kappa shape index (κ2) is 4.67. The van der Waals surface area contributed by atoms with Crippen LogP contribution in [0.1, 0.15) is 13.8 Å². The molecule has 1 heteroatoms. The van der Waals surface area contributed by atoms with Crippen LogP contribution in [-0.2, 0) is 0 Å².